The zero-order valence-electron chi connectivity index (χ0n) is 11.6. The Morgan fingerprint density at radius 3 is 2.71 bits per heavy atom. The van der Waals surface area contributed by atoms with Gasteiger partial charge in [0.05, 0.1) is 11.6 Å². The van der Waals surface area contributed by atoms with Crippen LogP contribution in [0.2, 0.25) is 5.02 Å². The van der Waals surface area contributed by atoms with Gasteiger partial charge >= 0.3 is 0 Å². The fraction of sp³-hybridized carbons (Fsp3) is 0.118. The number of hydrogen-bond acceptors (Lipinski definition) is 2. The van der Waals surface area contributed by atoms with E-state index >= 15 is 0 Å². The molecule has 21 heavy (non-hydrogen) atoms. The summed E-state index contributed by atoms with van der Waals surface area (Å²) in [5.74, 6) is 5.39. The highest BCUT2D eigenvalue weighted by Crippen LogP contribution is 2.19. The van der Waals surface area contributed by atoms with Crippen molar-refractivity contribution in [3.8, 4) is 11.8 Å². The second kappa shape index (κ2) is 6.94. The van der Waals surface area contributed by atoms with Gasteiger partial charge in [0.2, 0.25) is 0 Å². The number of anilines is 1. The maximum Gasteiger partial charge on any atom is 0.255 e. The normalized spacial score (nSPS) is 9.67. The molecule has 0 aliphatic rings. The summed E-state index contributed by atoms with van der Waals surface area (Å²) >= 11 is 6.12. The lowest BCUT2D eigenvalue weighted by Crippen LogP contribution is -2.12. The molecule has 3 N–H and O–H groups in total. The molecule has 0 saturated heterocycles. The Bertz CT molecular complexity index is 729. The van der Waals surface area contributed by atoms with E-state index in [-0.39, 0.29) is 12.5 Å². The molecule has 0 aliphatic heterocycles. The number of aryl methyl sites for hydroxylation is 1. The SMILES string of the molecule is Cc1ccccc1NC(=O)c1ccc(C#CCN)c(Cl)c1. The Hall–Kier alpha value is -2.28. The standard InChI is InChI=1S/C17H15ClN2O/c1-12-5-2-3-7-16(12)20-17(21)14-9-8-13(6-4-10-19)15(18)11-14/h2-3,5,7-9,11H,10,19H2,1H3,(H,20,21). The molecule has 0 saturated carbocycles. The average Bonchev–Trinajstić information content (AvgIpc) is 2.48. The molecule has 2 aromatic carbocycles. The van der Waals surface area contributed by atoms with Crippen molar-refractivity contribution in [3.05, 3.63) is 64.2 Å². The lowest BCUT2D eigenvalue weighted by atomic mass is 10.1. The summed E-state index contributed by atoms with van der Waals surface area (Å²) in [6, 6.07) is 12.6. The largest absolute Gasteiger partial charge is 0.322 e. The van der Waals surface area contributed by atoms with Gasteiger partial charge in [-0.1, -0.05) is 41.6 Å². The van der Waals surface area contributed by atoms with Crippen LogP contribution in [0.15, 0.2) is 42.5 Å². The Morgan fingerprint density at radius 2 is 2.05 bits per heavy atom. The number of benzene rings is 2. The summed E-state index contributed by atoms with van der Waals surface area (Å²) in [7, 11) is 0. The Labute approximate surface area is 129 Å². The number of nitrogens with one attached hydrogen (secondary N) is 1. The monoisotopic (exact) mass is 298 g/mol. The average molecular weight is 299 g/mol. The minimum absolute atomic E-state index is 0.204. The molecule has 106 valence electrons. The maximum atomic E-state index is 12.2. The van der Waals surface area contributed by atoms with Gasteiger partial charge in [-0.2, -0.15) is 0 Å². The van der Waals surface area contributed by atoms with Crippen LogP contribution in [0.3, 0.4) is 0 Å². The van der Waals surface area contributed by atoms with Crippen LogP contribution in [0, 0.1) is 18.8 Å². The lowest BCUT2D eigenvalue weighted by Gasteiger charge is -2.08. The molecule has 1 amide bonds. The van der Waals surface area contributed by atoms with E-state index in [4.69, 9.17) is 17.3 Å². The van der Waals surface area contributed by atoms with E-state index in [1.807, 2.05) is 31.2 Å². The summed E-state index contributed by atoms with van der Waals surface area (Å²) in [6.45, 7) is 2.21. The van der Waals surface area contributed by atoms with Crippen molar-refractivity contribution in [2.24, 2.45) is 5.73 Å². The van der Waals surface area contributed by atoms with Crippen molar-refractivity contribution in [1.29, 1.82) is 0 Å². The molecule has 0 atom stereocenters. The quantitative estimate of drug-likeness (QED) is 0.837. The van der Waals surface area contributed by atoms with Crippen LogP contribution in [-0.4, -0.2) is 12.5 Å². The first-order chi connectivity index (χ1) is 10.1. The summed E-state index contributed by atoms with van der Waals surface area (Å²) in [4.78, 5) is 12.2. The molecule has 0 aliphatic carbocycles. The Morgan fingerprint density at radius 1 is 1.29 bits per heavy atom. The first kappa shape index (κ1) is 15.1. The molecule has 0 bridgehead atoms. The van der Waals surface area contributed by atoms with Gasteiger partial charge < -0.3 is 11.1 Å². The maximum absolute atomic E-state index is 12.2. The van der Waals surface area contributed by atoms with Crippen molar-refractivity contribution in [2.45, 2.75) is 6.92 Å². The number of rotatable bonds is 2. The number of nitrogens with two attached hydrogens (primary N) is 1. The predicted octanol–water partition coefficient (Wildman–Crippen LogP) is 3.21. The van der Waals surface area contributed by atoms with Crippen molar-refractivity contribution >= 4 is 23.2 Å². The van der Waals surface area contributed by atoms with Gasteiger partial charge in [0.1, 0.15) is 0 Å². The van der Waals surface area contributed by atoms with E-state index in [9.17, 15) is 4.79 Å². The van der Waals surface area contributed by atoms with E-state index < -0.39 is 0 Å². The summed E-state index contributed by atoms with van der Waals surface area (Å²) in [5, 5.41) is 3.30. The number of amides is 1. The predicted molar refractivity (Wildman–Crippen MR) is 86.5 cm³/mol. The van der Waals surface area contributed by atoms with Crippen LogP contribution in [0.5, 0.6) is 0 Å². The molecule has 0 radical (unpaired) electrons. The second-order valence-electron chi connectivity index (χ2n) is 4.47. The van der Waals surface area contributed by atoms with E-state index in [0.717, 1.165) is 11.3 Å². The van der Waals surface area contributed by atoms with Crippen molar-refractivity contribution < 1.29 is 4.79 Å². The fourth-order valence-corrected chi connectivity index (χ4v) is 2.04. The van der Waals surface area contributed by atoms with Crippen LogP contribution in [0.4, 0.5) is 5.69 Å². The van der Waals surface area contributed by atoms with Crippen LogP contribution in [0.1, 0.15) is 21.5 Å². The zero-order valence-corrected chi connectivity index (χ0v) is 12.4. The van der Waals surface area contributed by atoms with Crippen LogP contribution < -0.4 is 11.1 Å². The number of halogens is 1. The highest BCUT2D eigenvalue weighted by Gasteiger charge is 2.09. The molecule has 3 nitrogen and oxygen atoms in total. The third kappa shape index (κ3) is 3.85. The lowest BCUT2D eigenvalue weighted by molar-refractivity contribution is 0.102. The van der Waals surface area contributed by atoms with Crippen LogP contribution in [0.25, 0.3) is 0 Å². The van der Waals surface area contributed by atoms with E-state index in [1.165, 1.54) is 0 Å². The van der Waals surface area contributed by atoms with Gasteiger partial charge in [-0.15, -0.1) is 0 Å². The minimum atomic E-state index is -0.204. The summed E-state index contributed by atoms with van der Waals surface area (Å²) < 4.78 is 0. The van der Waals surface area contributed by atoms with Crippen molar-refractivity contribution in [1.82, 2.24) is 0 Å². The van der Waals surface area contributed by atoms with Crippen LogP contribution >= 0.6 is 11.6 Å². The van der Waals surface area contributed by atoms with Gasteiger partial charge in [0, 0.05) is 16.8 Å². The first-order valence-corrected chi connectivity index (χ1v) is 6.85. The Kier molecular flexibility index (Phi) is 4.99. The van der Waals surface area contributed by atoms with E-state index in [2.05, 4.69) is 17.2 Å². The van der Waals surface area contributed by atoms with E-state index in [1.54, 1.807) is 18.2 Å². The smallest absolute Gasteiger partial charge is 0.255 e. The molecule has 0 aromatic heterocycles. The van der Waals surface area contributed by atoms with Gasteiger partial charge in [-0.3, -0.25) is 4.79 Å². The molecule has 0 heterocycles. The number of hydrogen-bond donors (Lipinski definition) is 2. The van der Waals surface area contributed by atoms with Crippen molar-refractivity contribution in [2.75, 3.05) is 11.9 Å². The fourth-order valence-electron chi connectivity index (χ4n) is 1.81. The summed E-state index contributed by atoms with van der Waals surface area (Å²) in [5.41, 5.74) is 8.26. The molecular weight excluding hydrogens is 284 g/mol. The van der Waals surface area contributed by atoms with Gasteiger partial charge in [-0.25, -0.2) is 0 Å². The third-order valence-corrected chi connectivity index (χ3v) is 3.26. The third-order valence-electron chi connectivity index (χ3n) is 2.95. The minimum Gasteiger partial charge on any atom is -0.322 e. The van der Waals surface area contributed by atoms with Gasteiger partial charge in [-0.05, 0) is 36.8 Å². The number of carbonyl (C=O) groups excluding carboxylic acids is 1. The molecule has 2 rings (SSSR count). The second-order valence-corrected chi connectivity index (χ2v) is 4.88. The zero-order chi connectivity index (χ0) is 15.2. The molecule has 2 aromatic rings. The number of para-hydroxylation sites is 1. The Balaban J connectivity index is 2.21. The van der Waals surface area contributed by atoms with E-state index in [0.29, 0.717) is 16.1 Å². The highest BCUT2D eigenvalue weighted by molar-refractivity contribution is 6.32. The number of carbonyl (C=O) groups is 1. The van der Waals surface area contributed by atoms with Crippen LogP contribution in [-0.2, 0) is 0 Å². The molecule has 0 unspecified atom stereocenters. The topological polar surface area (TPSA) is 55.1 Å². The molecular formula is C17H15ClN2O. The molecule has 0 spiro atoms. The van der Waals surface area contributed by atoms with Gasteiger partial charge in [0.25, 0.3) is 5.91 Å². The molecule has 0 fully saturated rings. The highest BCUT2D eigenvalue weighted by atomic mass is 35.5. The van der Waals surface area contributed by atoms with Crippen molar-refractivity contribution in [3.63, 3.8) is 0 Å². The first-order valence-electron chi connectivity index (χ1n) is 6.47. The summed E-state index contributed by atoms with van der Waals surface area (Å²) in [6.07, 6.45) is 0. The molecule has 4 heteroatoms. The van der Waals surface area contributed by atoms with Gasteiger partial charge in [0.15, 0.2) is 0 Å².